The molecule has 0 amide bonds. The molecule has 3 rings (SSSR count). The Kier molecular flexibility index (Phi) is 2.78. The highest BCUT2D eigenvalue weighted by Crippen LogP contribution is 2.44. The van der Waals surface area contributed by atoms with E-state index in [0.717, 1.165) is 6.42 Å². The molecule has 5 heteroatoms. The topological polar surface area (TPSA) is 57.2 Å². The Morgan fingerprint density at radius 2 is 1.61 bits per heavy atom. The molecule has 1 aliphatic carbocycles. The van der Waals surface area contributed by atoms with E-state index in [0.29, 0.717) is 6.61 Å². The van der Waals surface area contributed by atoms with E-state index in [1.54, 1.807) is 0 Å². The standard InChI is InChI=1S/C13H22O5/c1-12(2)15-6-9(17-12)7-5-8-11(10(7)14)18-13(3,4)16-8/h7-11,14H,5-6H2,1-4H3/t7?,8-,9-,10-,11-/m0/s1. The van der Waals surface area contributed by atoms with Crippen LogP contribution in [0.3, 0.4) is 0 Å². The highest BCUT2D eigenvalue weighted by molar-refractivity contribution is 5.01. The van der Waals surface area contributed by atoms with E-state index in [1.165, 1.54) is 0 Å². The van der Waals surface area contributed by atoms with Crippen LogP contribution >= 0.6 is 0 Å². The van der Waals surface area contributed by atoms with Crippen molar-refractivity contribution in [2.45, 2.75) is 70.1 Å². The Hall–Kier alpha value is -0.200. The van der Waals surface area contributed by atoms with Crippen LogP contribution in [0.4, 0.5) is 0 Å². The first-order valence-electron chi connectivity index (χ1n) is 6.63. The molecule has 2 aliphatic heterocycles. The molecule has 1 unspecified atom stereocenters. The number of hydrogen-bond donors (Lipinski definition) is 1. The van der Waals surface area contributed by atoms with Crippen LogP contribution in [0, 0.1) is 5.92 Å². The van der Waals surface area contributed by atoms with Gasteiger partial charge in [-0.05, 0) is 34.1 Å². The molecule has 0 aromatic heterocycles. The molecule has 2 saturated heterocycles. The molecule has 0 spiro atoms. The predicted octanol–water partition coefficient (Wildman–Crippen LogP) is 1.04. The summed E-state index contributed by atoms with van der Waals surface area (Å²) in [5.41, 5.74) is 0. The molecular formula is C13H22O5. The smallest absolute Gasteiger partial charge is 0.163 e. The molecule has 5 nitrogen and oxygen atoms in total. The van der Waals surface area contributed by atoms with E-state index in [2.05, 4.69) is 0 Å². The maximum absolute atomic E-state index is 10.4. The molecule has 3 aliphatic rings. The van der Waals surface area contributed by atoms with Crippen molar-refractivity contribution in [3.05, 3.63) is 0 Å². The first-order valence-corrected chi connectivity index (χ1v) is 6.63. The van der Waals surface area contributed by atoms with Crippen molar-refractivity contribution < 1.29 is 24.1 Å². The quantitative estimate of drug-likeness (QED) is 0.761. The average Bonchev–Trinajstić information content (AvgIpc) is 2.81. The van der Waals surface area contributed by atoms with Gasteiger partial charge in [0.25, 0.3) is 0 Å². The summed E-state index contributed by atoms with van der Waals surface area (Å²) in [5.74, 6) is -1.12. The third-order valence-corrected chi connectivity index (χ3v) is 4.01. The highest BCUT2D eigenvalue weighted by atomic mass is 16.8. The van der Waals surface area contributed by atoms with Crippen LogP contribution in [0.1, 0.15) is 34.1 Å². The van der Waals surface area contributed by atoms with E-state index in [1.807, 2.05) is 27.7 Å². The number of aliphatic hydroxyl groups excluding tert-OH is 1. The fourth-order valence-electron chi connectivity index (χ4n) is 3.28. The van der Waals surface area contributed by atoms with Crippen LogP contribution in [0.2, 0.25) is 0 Å². The first-order chi connectivity index (χ1) is 8.27. The summed E-state index contributed by atoms with van der Waals surface area (Å²) < 4.78 is 23.0. The molecule has 0 bridgehead atoms. The van der Waals surface area contributed by atoms with Crippen molar-refractivity contribution in [3.63, 3.8) is 0 Å². The van der Waals surface area contributed by atoms with Crippen molar-refractivity contribution in [2.24, 2.45) is 5.92 Å². The molecule has 2 heterocycles. The van der Waals surface area contributed by atoms with Crippen molar-refractivity contribution in [1.82, 2.24) is 0 Å². The van der Waals surface area contributed by atoms with E-state index in [9.17, 15) is 5.11 Å². The van der Waals surface area contributed by atoms with Gasteiger partial charge in [-0.2, -0.15) is 0 Å². The van der Waals surface area contributed by atoms with Gasteiger partial charge in [0.2, 0.25) is 0 Å². The fourth-order valence-corrected chi connectivity index (χ4v) is 3.28. The summed E-state index contributed by atoms with van der Waals surface area (Å²) in [4.78, 5) is 0. The predicted molar refractivity (Wildman–Crippen MR) is 62.8 cm³/mol. The lowest BCUT2D eigenvalue weighted by molar-refractivity contribution is -0.180. The minimum absolute atomic E-state index is 0.0258. The Labute approximate surface area is 107 Å². The number of rotatable bonds is 1. The zero-order valence-electron chi connectivity index (χ0n) is 11.4. The van der Waals surface area contributed by atoms with Gasteiger partial charge in [0.1, 0.15) is 6.10 Å². The minimum atomic E-state index is -0.590. The van der Waals surface area contributed by atoms with Crippen LogP contribution in [0.25, 0.3) is 0 Å². The zero-order valence-corrected chi connectivity index (χ0v) is 11.4. The molecule has 18 heavy (non-hydrogen) atoms. The van der Waals surface area contributed by atoms with Gasteiger partial charge in [-0.1, -0.05) is 0 Å². The van der Waals surface area contributed by atoms with E-state index < -0.39 is 17.7 Å². The molecule has 0 radical (unpaired) electrons. The molecule has 0 aromatic rings. The number of aliphatic hydroxyl groups is 1. The Morgan fingerprint density at radius 3 is 2.17 bits per heavy atom. The minimum Gasteiger partial charge on any atom is -0.390 e. The molecule has 3 fully saturated rings. The Balaban J connectivity index is 1.68. The third kappa shape index (κ3) is 2.08. The van der Waals surface area contributed by atoms with Gasteiger partial charge >= 0.3 is 0 Å². The van der Waals surface area contributed by atoms with Gasteiger partial charge in [-0.15, -0.1) is 0 Å². The van der Waals surface area contributed by atoms with Crippen molar-refractivity contribution >= 4 is 0 Å². The van der Waals surface area contributed by atoms with Crippen molar-refractivity contribution in [3.8, 4) is 0 Å². The van der Waals surface area contributed by atoms with Crippen LogP contribution in [-0.2, 0) is 18.9 Å². The zero-order chi connectivity index (χ0) is 13.1. The summed E-state index contributed by atoms with van der Waals surface area (Å²) in [7, 11) is 0. The summed E-state index contributed by atoms with van der Waals surface area (Å²) in [6.45, 7) is 8.07. The normalized spacial score (nSPS) is 49.5. The van der Waals surface area contributed by atoms with E-state index in [4.69, 9.17) is 18.9 Å². The van der Waals surface area contributed by atoms with Crippen molar-refractivity contribution in [2.75, 3.05) is 6.61 Å². The average molecular weight is 258 g/mol. The Bertz CT molecular complexity index is 340. The van der Waals surface area contributed by atoms with Gasteiger partial charge in [-0.25, -0.2) is 0 Å². The van der Waals surface area contributed by atoms with Gasteiger partial charge in [-0.3, -0.25) is 0 Å². The SMILES string of the molecule is CC1(C)OC[C@@H](C2C[C@@H]3OC(C)(C)O[C@@H]3[C@H]2O)O1. The van der Waals surface area contributed by atoms with Crippen molar-refractivity contribution in [1.29, 1.82) is 0 Å². The lowest BCUT2D eigenvalue weighted by Gasteiger charge is -2.27. The third-order valence-electron chi connectivity index (χ3n) is 4.01. The lowest BCUT2D eigenvalue weighted by atomic mass is 9.98. The molecule has 0 aromatic carbocycles. The first kappa shape index (κ1) is 12.8. The summed E-state index contributed by atoms with van der Waals surface area (Å²) >= 11 is 0. The van der Waals surface area contributed by atoms with Crippen LogP contribution < -0.4 is 0 Å². The molecular weight excluding hydrogens is 236 g/mol. The van der Waals surface area contributed by atoms with Crippen LogP contribution in [0.15, 0.2) is 0 Å². The van der Waals surface area contributed by atoms with Gasteiger partial charge in [0.05, 0.1) is 24.9 Å². The molecule has 1 saturated carbocycles. The summed E-state index contributed by atoms with van der Waals surface area (Å²) in [6.07, 6.45) is -0.126. The second kappa shape index (κ2) is 3.90. The fraction of sp³-hybridized carbons (Fsp3) is 1.00. The largest absolute Gasteiger partial charge is 0.390 e. The Morgan fingerprint density at radius 1 is 0.944 bits per heavy atom. The number of ether oxygens (including phenoxy) is 4. The monoisotopic (exact) mass is 258 g/mol. The summed E-state index contributed by atoms with van der Waals surface area (Å²) in [6, 6.07) is 0. The van der Waals surface area contributed by atoms with Gasteiger partial charge in [0, 0.05) is 5.92 Å². The molecule has 104 valence electrons. The van der Waals surface area contributed by atoms with Crippen LogP contribution in [0.5, 0.6) is 0 Å². The molecule has 1 N–H and O–H groups in total. The maximum atomic E-state index is 10.4. The highest BCUT2D eigenvalue weighted by Gasteiger charge is 2.56. The lowest BCUT2D eigenvalue weighted by Crippen LogP contribution is -2.38. The van der Waals surface area contributed by atoms with Crippen LogP contribution in [-0.4, -0.2) is 47.7 Å². The van der Waals surface area contributed by atoms with E-state index >= 15 is 0 Å². The van der Waals surface area contributed by atoms with Gasteiger partial charge in [0.15, 0.2) is 11.6 Å². The second-order valence-corrected chi connectivity index (χ2v) is 6.40. The molecule has 5 atom stereocenters. The maximum Gasteiger partial charge on any atom is 0.163 e. The van der Waals surface area contributed by atoms with Gasteiger partial charge < -0.3 is 24.1 Å². The second-order valence-electron chi connectivity index (χ2n) is 6.40. The number of fused-ring (bicyclic) bond motifs is 1. The van der Waals surface area contributed by atoms with E-state index in [-0.39, 0.29) is 24.2 Å². The number of hydrogen-bond acceptors (Lipinski definition) is 5. The summed E-state index contributed by atoms with van der Waals surface area (Å²) in [5, 5.41) is 10.4.